The first kappa shape index (κ1) is 17.0. The van der Waals surface area contributed by atoms with E-state index in [0.717, 1.165) is 10.7 Å². The van der Waals surface area contributed by atoms with Gasteiger partial charge in [0.15, 0.2) is 5.16 Å². The van der Waals surface area contributed by atoms with Crippen molar-refractivity contribution in [3.63, 3.8) is 0 Å². The second-order valence-corrected chi connectivity index (χ2v) is 6.44. The van der Waals surface area contributed by atoms with Crippen LogP contribution in [0.4, 0.5) is 0 Å². The van der Waals surface area contributed by atoms with Gasteiger partial charge >= 0.3 is 0 Å². The molecule has 0 bridgehead atoms. The van der Waals surface area contributed by atoms with Gasteiger partial charge in [0, 0.05) is 32.2 Å². The number of rotatable bonds is 6. The van der Waals surface area contributed by atoms with E-state index in [-0.39, 0.29) is 11.7 Å². The molecule has 128 valence electrons. The molecule has 2 amide bonds. The van der Waals surface area contributed by atoms with E-state index in [1.54, 1.807) is 36.1 Å². The van der Waals surface area contributed by atoms with Gasteiger partial charge in [0.1, 0.15) is 5.69 Å². The molecular weight excluding hydrogens is 336 g/mol. The van der Waals surface area contributed by atoms with Gasteiger partial charge in [0.25, 0.3) is 5.91 Å². The number of carbonyl (C=O) groups is 2. The largest absolute Gasteiger partial charge is 0.347 e. The quantitative estimate of drug-likeness (QED) is 0.690. The zero-order chi connectivity index (χ0) is 17.6. The number of aryl methyl sites for hydroxylation is 1. The van der Waals surface area contributed by atoms with Crippen LogP contribution in [0, 0.1) is 0 Å². The van der Waals surface area contributed by atoms with Crippen LogP contribution in [0.15, 0.2) is 66.2 Å². The van der Waals surface area contributed by atoms with Gasteiger partial charge in [-0.25, -0.2) is 4.98 Å². The van der Waals surface area contributed by atoms with Crippen molar-refractivity contribution < 1.29 is 9.59 Å². The van der Waals surface area contributed by atoms with E-state index in [0.29, 0.717) is 12.2 Å². The van der Waals surface area contributed by atoms with Gasteiger partial charge < -0.3 is 9.13 Å². The van der Waals surface area contributed by atoms with Crippen LogP contribution in [0.1, 0.15) is 16.1 Å². The Morgan fingerprint density at radius 1 is 1.12 bits per heavy atom. The smallest absolute Gasteiger partial charge is 0.274 e. The van der Waals surface area contributed by atoms with Crippen molar-refractivity contribution in [2.75, 3.05) is 5.75 Å². The highest BCUT2D eigenvalue weighted by Crippen LogP contribution is 2.17. The third-order valence-corrected chi connectivity index (χ3v) is 4.64. The van der Waals surface area contributed by atoms with Crippen LogP contribution < -0.4 is 5.32 Å². The molecule has 25 heavy (non-hydrogen) atoms. The van der Waals surface area contributed by atoms with Gasteiger partial charge in [0.2, 0.25) is 5.91 Å². The van der Waals surface area contributed by atoms with Crippen molar-refractivity contribution in [1.29, 1.82) is 0 Å². The Balaban J connectivity index is 1.55. The van der Waals surface area contributed by atoms with Crippen molar-refractivity contribution in [1.82, 2.24) is 19.4 Å². The minimum Gasteiger partial charge on any atom is -0.347 e. The number of hydrogen-bond acceptors (Lipinski definition) is 4. The first-order valence-electron chi connectivity index (χ1n) is 7.77. The average molecular weight is 354 g/mol. The van der Waals surface area contributed by atoms with E-state index >= 15 is 0 Å². The maximum Gasteiger partial charge on any atom is 0.274 e. The maximum atomic E-state index is 12.0. The molecule has 0 saturated carbocycles. The number of nitrogens with one attached hydrogen (secondary N) is 1. The molecule has 0 aliphatic carbocycles. The summed E-state index contributed by atoms with van der Waals surface area (Å²) in [6.45, 7) is 0.688. The monoisotopic (exact) mass is 354 g/mol. The molecule has 0 radical (unpaired) electrons. The lowest BCUT2D eigenvalue weighted by Crippen LogP contribution is -2.33. The Morgan fingerprint density at radius 2 is 1.92 bits per heavy atom. The predicted octanol–water partition coefficient (Wildman–Crippen LogP) is 2.32. The molecule has 0 aliphatic rings. The van der Waals surface area contributed by atoms with Crippen LogP contribution in [0.25, 0.3) is 0 Å². The summed E-state index contributed by atoms with van der Waals surface area (Å²) in [5.74, 6) is -0.613. The summed E-state index contributed by atoms with van der Waals surface area (Å²) in [5, 5.41) is 3.14. The lowest BCUT2D eigenvalue weighted by Gasteiger charge is -2.08. The van der Waals surface area contributed by atoms with Crippen molar-refractivity contribution in [2.24, 2.45) is 7.05 Å². The molecule has 3 aromatic rings. The Bertz CT molecular complexity index is 870. The van der Waals surface area contributed by atoms with Crippen LogP contribution in [-0.2, 0) is 18.4 Å². The number of aromatic nitrogens is 3. The molecule has 1 N–H and O–H groups in total. The summed E-state index contributed by atoms with van der Waals surface area (Å²) in [6.07, 6.45) is 5.34. The van der Waals surface area contributed by atoms with Crippen molar-refractivity contribution in [2.45, 2.75) is 11.7 Å². The summed E-state index contributed by atoms with van der Waals surface area (Å²) in [5.41, 5.74) is 1.61. The first-order valence-corrected chi connectivity index (χ1v) is 8.75. The second kappa shape index (κ2) is 7.85. The fourth-order valence-corrected chi connectivity index (χ4v) is 3.15. The summed E-state index contributed by atoms with van der Waals surface area (Å²) in [7, 11) is 1.76. The predicted molar refractivity (Wildman–Crippen MR) is 96.4 cm³/mol. The Kier molecular flexibility index (Phi) is 5.35. The molecule has 0 aliphatic heterocycles. The summed E-state index contributed by atoms with van der Waals surface area (Å²) in [4.78, 5) is 28.3. The van der Waals surface area contributed by atoms with E-state index in [2.05, 4.69) is 10.3 Å². The molecule has 0 atom stereocenters. The van der Waals surface area contributed by atoms with Gasteiger partial charge in [-0.2, -0.15) is 0 Å². The Labute approximate surface area is 149 Å². The number of imide groups is 1. The van der Waals surface area contributed by atoms with Gasteiger partial charge in [-0.05, 0) is 17.7 Å². The zero-order valence-corrected chi connectivity index (χ0v) is 14.6. The van der Waals surface area contributed by atoms with Crippen LogP contribution in [0.5, 0.6) is 0 Å². The van der Waals surface area contributed by atoms with Crippen LogP contribution in [0.2, 0.25) is 0 Å². The highest BCUT2D eigenvalue weighted by atomic mass is 32.2. The lowest BCUT2D eigenvalue weighted by atomic mass is 10.2. The number of amides is 2. The number of benzene rings is 1. The molecule has 6 nitrogen and oxygen atoms in total. The van der Waals surface area contributed by atoms with Gasteiger partial charge in [0.05, 0.1) is 5.75 Å². The SMILES string of the molecule is Cn1cccc1C(=O)NC(=O)CSc1nccn1Cc1ccccc1. The van der Waals surface area contributed by atoms with Crippen molar-refractivity contribution >= 4 is 23.6 Å². The Hall–Kier alpha value is -2.80. The van der Waals surface area contributed by atoms with Crippen LogP contribution in [0.3, 0.4) is 0 Å². The van der Waals surface area contributed by atoms with E-state index in [4.69, 9.17) is 0 Å². The molecule has 1 aromatic carbocycles. The molecule has 0 unspecified atom stereocenters. The number of nitrogens with zero attached hydrogens (tertiary/aromatic N) is 3. The molecule has 7 heteroatoms. The molecule has 2 aromatic heterocycles. The van der Waals surface area contributed by atoms with E-state index in [1.165, 1.54) is 11.8 Å². The zero-order valence-electron chi connectivity index (χ0n) is 13.8. The summed E-state index contributed by atoms with van der Waals surface area (Å²) >= 11 is 1.31. The lowest BCUT2D eigenvalue weighted by molar-refractivity contribution is -0.117. The number of carbonyl (C=O) groups excluding carboxylic acids is 2. The van der Waals surface area contributed by atoms with Gasteiger partial charge in [-0.1, -0.05) is 42.1 Å². The molecule has 3 rings (SSSR count). The molecule has 2 heterocycles. The van der Waals surface area contributed by atoms with Crippen molar-refractivity contribution in [3.05, 3.63) is 72.3 Å². The average Bonchev–Trinajstić information content (AvgIpc) is 3.22. The topological polar surface area (TPSA) is 68.9 Å². The van der Waals surface area contributed by atoms with Gasteiger partial charge in [-0.15, -0.1) is 0 Å². The number of hydrogen-bond donors (Lipinski definition) is 1. The molecule has 0 spiro atoms. The minimum absolute atomic E-state index is 0.127. The maximum absolute atomic E-state index is 12.0. The summed E-state index contributed by atoms with van der Waals surface area (Å²) < 4.78 is 3.65. The van der Waals surface area contributed by atoms with Crippen LogP contribution in [-0.4, -0.2) is 31.7 Å². The number of thioether (sulfide) groups is 1. The standard InChI is InChI=1S/C18H18N4O2S/c1-21-10-5-8-15(21)17(24)20-16(23)13-25-18-19-9-11-22(18)12-14-6-3-2-4-7-14/h2-11H,12-13H2,1H3,(H,20,23,24). The molecule has 0 fully saturated rings. The minimum atomic E-state index is -0.397. The molecule has 0 saturated heterocycles. The second-order valence-electron chi connectivity index (χ2n) is 5.49. The highest BCUT2D eigenvalue weighted by Gasteiger charge is 2.14. The number of imidazole rings is 1. The fourth-order valence-electron chi connectivity index (χ4n) is 2.39. The van der Waals surface area contributed by atoms with E-state index in [9.17, 15) is 9.59 Å². The Morgan fingerprint density at radius 3 is 2.64 bits per heavy atom. The molecular formula is C18H18N4O2S. The normalized spacial score (nSPS) is 10.6. The van der Waals surface area contributed by atoms with Crippen molar-refractivity contribution in [3.8, 4) is 0 Å². The van der Waals surface area contributed by atoms with E-state index in [1.807, 2.05) is 41.1 Å². The fraction of sp³-hybridized carbons (Fsp3) is 0.167. The third kappa shape index (κ3) is 4.39. The highest BCUT2D eigenvalue weighted by molar-refractivity contribution is 7.99. The third-order valence-electron chi connectivity index (χ3n) is 3.63. The van der Waals surface area contributed by atoms with E-state index < -0.39 is 5.91 Å². The van der Waals surface area contributed by atoms with Gasteiger partial charge in [-0.3, -0.25) is 14.9 Å². The summed E-state index contributed by atoms with van der Waals surface area (Å²) in [6, 6.07) is 13.5. The first-order chi connectivity index (χ1) is 12.1. The van der Waals surface area contributed by atoms with Crippen LogP contribution >= 0.6 is 11.8 Å².